The molecule has 1 saturated carbocycles. The molecule has 1 unspecified atom stereocenters. The lowest BCUT2D eigenvalue weighted by Gasteiger charge is -2.18. The SMILES string of the molecule is O=C(/C=C/c1ccc2c(c1)OCCO2)OC(C(=O)NC1CC1)c1ccc(F)cc1. The van der Waals surface area contributed by atoms with Crippen molar-refractivity contribution in [2.24, 2.45) is 0 Å². The number of ether oxygens (including phenoxy) is 3. The van der Waals surface area contributed by atoms with E-state index in [0.717, 1.165) is 18.4 Å². The van der Waals surface area contributed by atoms with Gasteiger partial charge in [-0.1, -0.05) is 18.2 Å². The molecule has 1 aliphatic carbocycles. The summed E-state index contributed by atoms with van der Waals surface area (Å²) >= 11 is 0. The minimum atomic E-state index is -1.14. The fourth-order valence-corrected chi connectivity index (χ4v) is 2.90. The highest BCUT2D eigenvalue weighted by molar-refractivity contribution is 5.91. The second-order valence-electron chi connectivity index (χ2n) is 6.89. The molecule has 1 atom stereocenters. The fraction of sp³-hybridized carbons (Fsp3) is 0.273. The number of rotatable bonds is 6. The first kappa shape index (κ1) is 19.0. The number of amides is 1. The van der Waals surface area contributed by atoms with Gasteiger partial charge in [0, 0.05) is 17.7 Å². The van der Waals surface area contributed by atoms with E-state index in [1.54, 1.807) is 24.3 Å². The Morgan fingerprint density at radius 2 is 1.79 bits per heavy atom. The average Bonchev–Trinajstić information content (AvgIpc) is 3.55. The molecule has 0 radical (unpaired) electrons. The van der Waals surface area contributed by atoms with E-state index in [-0.39, 0.29) is 6.04 Å². The Bertz CT molecular complexity index is 937. The Labute approximate surface area is 167 Å². The van der Waals surface area contributed by atoms with Crippen molar-refractivity contribution in [3.8, 4) is 11.5 Å². The van der Waals surface area contributed by atoms with E-state index in [2.05, 4.69) is 5.32 Å². The Kier molecular flexibility index (Phi) is 5.46. The van der Waals surface area contributed by atoms with Gasteiger partial charge in [-0.25, -0.2) is 9.18 Å². The van der Waals surface area contributed by atoms with Crippen LogP contribution in [0.1, 0.15) is 30.1 Å². The number of hydrogen-bond acceptors (Lipinski definition) is 5. The number of esters is 1. The molecule has 4 rings (SSSR count). The summed E-state index contributed by atoms with van der Waals surface area (Å²) in [6.07, 6.45) is 3.47. The van der Waals surface area contributed by atoms with Gasteiger partial charge in [0.1, 0.15) is 19.0 Å². The summed E-state index contributed by atoms with van der Waals surface area (Å²) < 4.78 is 29.6. The van der Waals surface area contributed by atoms with Crippen LogP contribution >= 0.6 is 0 Å². The molecule has 7 heteroatoms. The number of hydrogen-bond donors (Lipinski definition) is 1. The maximum absolute atomic E-state index is 13.2. The summed E-state index contributed by atoms with van der Waals surface area (Å²) in [6, 6.07) is 10.7. The molecule has 1 fully saturated rings. The number of halogens is 1. The lowest BCUT2D eigenvalue weighted by molar-refractivity contribution is -0.151. The molecule has 150 valence electrons. The lowest BCUT2D eigenvalue weighted by Crippen LogP contribution is -2.33. The van der Waals surface area contributed by atoms with Gasteiger partial charge in [0.05, 0.1) is 0 Å². The molecule has 2 aromatic rings. The molecule has 0 aromatic heterocycles. The van der Waals surface area contributed by atoms with E-state index in [1.807, 2.05) is 0 Å². The van der Waals surface area contributed by atoms with Crippen molar-refractivity contribution in [2.45, 2.75) is 25.0 Å². The van der Waals surface area contributed by atoms with Gasteiger partial charge in [0.15, 0.2) is 11.5 Å². The number of nitrogens with one attached hydrogen (secondary N) is 1. The second kappa shape index (κ2) is 8.34. The topological polar surface area (TPSA) is 73.9 Å². The zero-order valence-corrected chi connectivity index (χ0v) is 15.6. The monoisotopic (exact) mass is 397 g/mol. The average molecular weight is 397 g/mol. The summed E-state index contributed by atoms with van der Waals surface area (Å²) in [5, 5.41) is 2.82. The molecule has 6 nitrogen and oxygen atoms in total. The van der Waals surface area contributed by atoms with Crippen molar-refractivity contribution < 1.29 is 28.2 Å². The van der Waals surface area contributed by atoms with Crippen LogP contribution in [0.4, 0.5) is 4.39 Å². The standard InChI is InChI=1S/C22H20FNO5/c23-16-5-3-15(4-6-16)21(22(26)24-17-7-8-17)29-20(25)10-2-14-1-9-18-19(13-14)28-12-11-27-18/h1-6,9-10,13,17,21H,7-8,11-12H2,(H,24,26)/b10-2+. The number of carbonyl (C=O) groups is 2. The molecule has 0 saturated heterocycles. The molecular formula is C22H20FNO5. The molecule has 1 amide bonds. The number of fused-ring (bicyclic) bond motifs is 1. The van der Waals surface area contributed by atoms with Crippen molar-refractivity contribution in [1.29, 1.82) is 0 Å². The Hall–Kier alpha value is -3.35. The smallest absolute Gasteiger partial charge is 0.331 e. The van der Waals surface area contributed by atoms with Crippen LogP contribution in [0.15, 0.2) is 48.5 Å². The van der Waals surface area contributed by atoms with Crippen LogP contribution in [0.2, 0.25) is 0 Å². The van der Waals surface area contributed by atoms with Crippen molar-refractivity contribution in [3.63, 3.8) is 0 Å². The second-order valence-corrected chi connectivity index (χ2v) is 6.89. The van der Waals surface area contributed by atoms with E-state index < -0.39 is 23.8 Å². The van der Waals surface area contributed by atoms with Crippen LogP contribution in [-0.2, 0) is 14.3 Å². The lowest BCUT2D eigenvalue weighted by atomic mass is 10.1. The van der Waals surface area contributed by atoms with E-state index in [0.29, 0.717) is 30.3 Å². The third-order valence-corrected chi connectivity index (χ3v) is 4.55. The van der Waals surface area contributed by atoms with Crippen molar-refractivity contribution in [3.05, 3.63) is 65.5 Å². The predicted octanol–water partition coefficient (Wildman–Crippen LogP) is 3.17. The summed E-state index contributed by atoms with van der Waals surface area (Å²) in [5.41, 5.74) is 1.14. The highest BCUT2D eigenvalue weighted by atomic mass is 19.1. The van der Waals surface area contributed by atoms with Crippen LogP contribution in [0, 0.1) is 5.82 Å². The maximum atomic E-state index is 13.2. The van der Waals surface area contributed by atoms with Crippen molar-refractivity contribution >= 4 is 18.0 Å². The first-order valence-corrected chi connectivity index (χ1v) is 9.43. The highest BCUT2D eigenvalue weighted by Crippen LogP contribution is 2.31. The quantitative estimate of drug-likeness (QED) is 0.599. The summed E-state index contributed by atoms with van der Waals surface area (Å²) in [4.78, 5) is 24.9. The van der Waals surface area contributed by atoms with E-state index in [9.17, 15) is 14.0 Å². The minimum Gasteiger partial charge on any atom is -0.486 e. The number of carbonyl (C=O) groups excluding carboxylic acids is 2. The first-order chi connectivity index (χ1) is 14.1. The molecule has 2 aromatic carbocycles. The highest BCUT2D eigenvalue weighted by Gasteiger charge is 2.30. The van der Waals surface area contributed by atoms with Gasteiger partial charge in [-0.15, -0.1) is 0 Å². The first-order valence-electron chi connectivity index (χ1n) is 9.43. The zero-order valence-electron chi connectivity index (χ0n) is 15.6. The Morgan fingerprint density at radius 3 is 2.52 bits per heavy atom. The van der Waals surface area contributed by atoms with Gasteiger partial charge in [-0.3, -0.25) is 4.79 Å². The van der Waals surface area contributed by atoms with Crippen LogP contribution in [-0.4, -0.2) is 31.1 Å². The van der Waals surface area contributed by atoms with Gasteiger partial charge in [0.25, 0.3) is 5.91 Å². The van der Waals surface area contributed by atoms with Crippen LogP contribution in [0.3, 0.4) is 0 Å². The predicted molar refractivity (Wildman–Crippen MR) is 103 cm³/mol. The Morgan fingerprint density at radius 1 is 1.07 bits per heavy atom. The van der Waals surface area contributed by atoms with Crippen molar-refractivity contribution in [2.75, 3.05) is 13.2 Å². The third-order valence-electron chi connectivity index (χ3n) is 4.55. The van der Waals surface area contributed by atoms with Crippen LogP contribution in [0.5, 0.6) is 11.5 Å². The van der Waals surface area contributed by atoms with Crippen LogP contribution < -0.4 is 14.8 Å². The van der Waals surface area contributed by atoms with E-state index in [4.69, 9.17) is 14.2 Å². The molecule has 0 bridgehead atoms. The Balaban J connectivity index is 1.46. The number of benzene rings is 2. The summed E-state index contributed by atoms with van der Waals surface area (Å²) in [5.74, 6) is -0.260. The maximum Gasteiger partial charge on any atom is 0.331 e. The molecule has 1 aliphatic heterocycles. The third kappa shape index (κ3) is 4.93. The molecule has 0 spiro atoms. The van der Waals surface area contributed by atoms with Gasteiger partial charge < -0.3 is 19.5 Å². The van der Waals surface area contributed by atoms with Crippen LogP contribution in [0.25, 0.3) is 6.08 Å². The van der Waals surface area contributed by atoms with Gasteiger partial charge in [0.2, 0.25) is 6.10 Å². The van der Waals surface area contributed by atoms with Gasteiger partial charge >= 0.3 is 5.97 Å². The summed E-state index contributed by atoms with van der Waals surface area (Å²) in [6.45, 7) is 0.972. The van der Waals surface area contributed by atoms with E-state index in [1.165, 1.54) is 30.3 Å². The van der Waals surface area contributed by atoms with Gasteiger partial charge in [-0.05, 0) is 48.7 Å². The van der Waals surface area contributed by atoms with Crippen molar-refractivity contribution in [1.82, 2.24) is 5.32 Å². The molecule has 1 heterocycles. The molecular weight excluding hydrogens is 377 g/mol. The minimum absolute atomic E-state index is 0.109. The fourth-order valence-electron chi connectivity index (χ4n) is 2.90. The van der Waals surface area contributed by atoms with Gasteiger partial charge in [-0.2, -0.15) is 0 Å². The largest absolute Gasteiger partial charge is 0.486 e. The summed E-state index contributed by atoms with van der Waals surface area (Å²) in [7, 11) is 0. The zero-order chi connectivity index (χ0) is 20.2. The van der Waals surface area contributed by atoms with E-state index >= 15 is 0 Å². The normalized spacial score (nSPS) is 16.3. The molecule has 2 aliphatic rings. The molecule has 1 N–H and O–H groups in total. The molecule has 29 heavy (non-hydrogen) atoms.